The second kappa shape index (κ2) is 7.43. The summed E-state index contributed by atoms with van der Waals surface area (Å²) in [5.74, 6) is 0.539. The SMILES string of the molecule is CCCCN1C[C@H]2C(=O)NC3(CCN(S(=O)(=O)c4ccc(C)cc4)CC3)[C@H]2C1. The van der Waals surface area contributed by atoms with Gasteiger partial charge in [0, 0.05) is 37.6 Å². The van der Waals surface area contributed by atoms with E-state index in [0.717, 1.165) is 38.0 Å². The third-order valence-corrected chi connectivity index (χ3v) is 8.83. The summed E-state index contributed by atoms with van der Waals surface area (Å²) in [5, 5.41) is 3.28. The number of benzene rings is 1. The Bertz CT molecular complexity index is 829. The smallest absolute Gasteiger partial charge is 0.243 e. The van der Waals surface area contributed by atoms with Gasteiger partial charge in [0.2, 0.25) is 15.9 Å². The fourth-order valence-electron chi connectivity index (χ4n) is 5.19. The first kappa shape index (κ1) is 19.9. The summed E-state index contributed by atoms with van der Waals surface area (Å²) in [5.41, 5.74) is 0.812. The number of amides is 1. The maximum atomic E-state index is 13.0. The van der Waals surface area contributed by atoms with Gasteiger partial charge in [-0.05, 0) is 44.9 Å². The molecule has 0 radical (unpaired) electrons. The number of piperidine rings is 1. The highest BCUT2D eigenvalue weighted by molar-refractivity contribution is 7.89. The van der Waals surface area contributed by atoms with E-state index in [4.69, 9.17) is 0 Å². The van der Waals surface area contributed by atoms with Crippen molar-refractivity contribution in [2.45, 2.75) is 50.0 Å². The van der Waals surface area contributed by atoms with Crippen LogP contribution in [-0.4, -0.2) is 61.8 Å². The van der Waals surface area contributed by atoms with E-state index in [1.807, 2.05) is 19.1 Å². The number of nitrogens with zero attached hydrogens (tertiary/aromatic N) is 2. The Hall–Kier alpha value is -1.44. The first-order valence-electron chi connectivity index (χ1n) is 10.5. The Morgan fingerprint density at radius 1 is 1.14 bits per heavy atom. The summed E-state index contributed by atoms with van der Waals surface area (Å²) < 4.78 is 27.6. The normalized spacial score (nSPS) is 27.9. The monoisotopic (exact) mass is 405 g/mol. The molecule has 1 amide bonds. The Morgan fingerprint density at radius 3 is 2.46 bits per heavy atom. The molecule has 0 saturated carbocycles. The molecule has 28 heavy (non-hydrogen) atoms. The first-order valence-corrected chi connectivity index (χ1v) is 11.9. The zero-order valence-corrected chi connectivity index (χ0v) is 17.7. The van der Waals surface area contributed by atoms with Crippen LogP contribution in [0, 0.1) is 18.8 Å². The second-order valence-electron chi connectivity index (χ2n) is 8.69. The Balaban J connectivity index is 1.46. The fourth-order valence-corrected chi connectivity index (χ4v) is 6.63. The van der Waals surface area contributed by atoms with Crippen LogP contribution in [0.3, 0.4) is 0 Å². The number of aryl methyl sites for hydroxylation is 1. The van der Waals surface area contributed by atoms with E-state index < -0.39 is 10.0 Å². The molecule has 0 bridgehead atoms. The zero-order valence-electron chi connectivity index (χ0n) is 16.9. The van der Waals surface area contributed by atoms with Crippen LogP contribution in [0.15, 0.2) is 29.2 Å². The molecule has 3 saturated heterocycles. The second-order valence-corrected chi connectivity index (χ2v) is 10.6. The van der Waals surface area contributed by atoms with Crippen LogP contribution in [-0.2, 0) is 14.8 Å². The van der Waals surface area contributed by atoms with E-state index in [2.05, 4.69) is 17.1 Å². The van der Waals surface area contributed by atoms with Crippen LogP contribution in [0.2, 0.25) is 0 Å². The van der Waals surface area contributed by atoms with Gasteiger partial charge in [-0.1, -0.05) is 31.0 Å². The van der Waals surface area contributed by atoms with Gasteiger partial charge in [0.25, 0.3) is 0 Å². The van der Waals surface area contributed by atoms with Crippen molar-refractivity contribution in [1.82, 2.24) is 14.5 Å². The van der Waals surface area contributed by atoms with Gasteiger partial charge in [-0.3, -0.25) is 4.79 Å². The number of likely N-dealkylation sites (tertiary alicyclic amines) is 1. The zero-order chi connectivity index (χ0) is 19.9. The van der Waals surface area contributed by atoms with Gasteiger partial charge in [0.15, 0.2) is 0 Å². The van der Waals surface area contributed by atoms with Crippen molar-refractivity contribution in [3.8, 4) is 0 Å². The number of hydrogen-bond acceptors (Lipinski definition) is 4. The van der Waals surface area contributed by atoms with Crippen LogP contribution in [0.25, 0.3) is 0 Å². The lowest BCUT2D eigenvalue weighted by atomic mass is 9.76. The number of nitrogens with one attached hydrogen (secondary N) is 1. The van der Waals surface area contributed by atoms with Crippen molar-refractivity contribution in [3.63, 3.8) is 0 Å². The van der Waals surface area contributed by atoms with Crippen molar-refractivity contribution in [3.05, 3.63) is 29.8 Å². The quantitative estimate of drug-likeness (QED) is 0.813. The van der Waals surface area contributed by atoms with Crippen LogP contribution >= 0.6 is 0 Å². The molecule has 4 rings (SSSR count). The van der Waals surface area contributed by atoms with E-state index in [1.54, 1.807) is 16.4 Å². The van der Waals surface area contributed by atoms with Crippen LogP contribution in [0.1, 0.15) is 38.2 Å². The molecule has 0 unspecified atom stereocenters. The molecule has 3 heterocycles. The number of sulfonamides is 1. The standard InChI is InChI=1S/C21H31N3O3S/c1-3-4-11-23-14-18-19(15-23)21(22-20(18)25)9-12-24(13-10-21)28(26,27)17-7-5-16(2)6-8-17/h5-8,18-19H,3-4,9-15H2,1-2H3,(H,22,25)/t18-,19+/m1/s1. The minimum atomic E-state index is -3.47. The predicted octanol–water partition coefficient (Wildman–Crippen LogP) is 2.00. The molecule has 0 aliphatic carbocycles. The molecule has 3 aliphatic rings. The number of fused-ring (bicyclic) bond motifs is 2. The molecular weight excluding hydrogens is 374 g/mol. The lowest BCUT2D eigenvalue weighted by molar-refractivity contribution is -0.123. The van der Waals surface area contributed by atoms with Crippen molar-refractivity contribution in [2.75, 3.05) is 32.7 Å². The van der Waals surface area contributed by atoms with Gasteiger partial charge in [0.05, 0.1) is 10.8 Å². The van der Waals surface area contributed by atoms with Gasteiger partial charge >= 0.3 is 0 Å². The van der Waals surface area contributed by atoms with E-state index in [-0.39, 0.29) is 17.4 Å². The number of hydrogen-bond donors (Lipinski definition) is 1. The highest BCUT2D eigenvalue weighted by atomic mass is 32.2. The maximum Gasteiger partial charge on any atom is 0.243 e. The van der Waals surface area contributed by atoms with Crippen molar-refractivity contribution in [2.24, 2.45) is 11.8 Å². The molecule has 6 nitrogen and oxygen atoms in total. The van der Waals surface area contributed by atoms with E-state index >= 15 is 0 Å². The molecule has 154 valence electrons. The highest BCUT2D eigenvalue weighted by Crippen LogP contribution is 2.44. The van der Waals surface area contributed by atoms with Crippen LogP contribution in [0.4, 0.5) is 0 Å². The van der Waals surface area contributed by atoms with Gasteiger partial charge in [-0.2, -0.15) is 4.31 Å². The summed E-state index contributed by atoms with van der Waals surface area (Å²) in [6, 6.07) is 7.04. The summed E-state index contributed by atoms with van der Waals surface area (Å²) in [4.78, 5) is 15.4. The summed E-state index contributed by atoms with van der Waals surface area (Å²) in [6.45, 7) is 7.93. The summed E-state index contributed by atoms with van der Waals surface area (Å²) in [6.07, 6.45) is 3.73. The Morgan fingerprint density at radius 2 is 1.82 bits per heavy atom. The van der Waals surface area contributed by atoms with E-state index in [1.165, 1.54) is 0 Å². The molecule has 1 aromatic carbocycles. The number of carbonyl (C=O) groups excluding carboxylic acids is 1. The highest BCUT2D eigenvalue weighted by Gasteiger charge is 2.57. The van der Waals surface area contributed by atoms with Crippen molar-refractivity contribution < 1.29 is 13.2 Å². The number of carbonyl (C=O) groups is 1. The summed E-state index contributed by atoms with van der Waals surface area (Å²) in [7, 11) is -3.47. The molecule has 3 aliphatic heterocycles. The average Bonchev–Trinajstić information content (AvgIpc) is 3.21. The van der Waals surface area contributed by atoms with Gasteiger partial charge in [0.1, 0.15) is 0 Å². The molecular formula is C21H31N3O3S. The van der Waals surface area contributed by atoms with E-state index in [9.17, 15) is 13.2 Å². The minimum absolute atomic E-state index is 0.0668. The third-order valence-electron chi connectivity index (χ3n) is 6.92. The van der Waals surface area contributed by atoms with Gasteiger partial charge in [-0.25, -0.2) is 8.42 Å². The molecule has 7 heteroatoms. The Labute approximate surface area is 168 Å². The van der Waals surface area contributed by atoms with Gasteiger partial charge in [-0.15, -0.1) is 0 Å². The first-order chi connectivity index (χ1) is 13.4. The Kier molecular flexibility index (Phi) is 5.27. The van der Waals surface area contributed by atoms with Crippen molar-refractivity contribution in [1.29, 1.82) is 0 Å². The average molecular weight is 406 g/mol. The predicted molar refractivity (Wildman–Crippen MR) is 108 cm³/mol. The summed E-state index contributed by atoms with van der Waals surface area (Å²) >= 11 is 0. The van der Waals surface area contributed by atoms with Crippen LogP contribution < -0.4 is 5.32 Å². The molecule has 1 spiro atoms. The minimum Gasteiger partial charge on any atom is -0.350 e. The van der Waals surface area contributed by atoms with Gasteiger partial charge < -0.3 is 10.2 Å². The molecule has 3 fully saturated rings. The third kappa shape index (κ3) is 3.37. The number of unbranched alkanes of at least 4 members (excludes halogenated alkanes) is 1. The molecule has 2 atom stereocenters. The molecule has 1 N–H and O–H groups in total. The van der Waals surface area contributed by atoms with Crippen molar-refractivity contribution >= 4 is 15.9 Å². The molecule has 1 aromatic rings. The maximum absolute atomic E-state index is 13.0. The fraction of sp³-hybridized carbons (Fsp3) is 0.667. The largest absolute Gasteiger partial charge is 0.350 e. The van der Waals surface area contributed by atoms with Crippen LogP contribution in [0.5, 0.6) is 0 Å². The number of rotatable bonds is 5. The lowest BCUT2D eigenvalue weighted by Gasteiger charge is -2.42. The van der Waals surface area contributed by atoms with E-state index in [0.29, 0.717) is 36.7 Å². The molecule has 0 aromatic heterocycles. The topological polar surface area (TPSA) is 69.7 Å². The lowest BCUT2D eigenvalue weighted by Crippen LogP contribution is -2.56.